The van der Waals surface area contributed by atoms with Gasteiger partial charge in [-0.2, -0.15) is 0 Å². The van der Waals surface area contributed by atoms with E-state index in [0.29, 0.717) is 17.4 Å². The van der Waals surface area contributed by atoms with E-state index in [0.717, 1.165) is 11.8 Å². The van der Waals surface area contributed by atoms with Crippen molar-refractivity contribution >= 4 is 17.2 Å². The second-order valence-electron chi connectivity index (χ2n) is 3.71. The van der Waals surface area contributed by atoms with Crippen LogP contribution in [0.2, 0.25) is 0 Å². The molecule has 0 spiro atoms. The number of aldehydes is 1. The average Bonchev–Trinajstić information content (AvgIpc) is 2.67. The maximum absolute atomic E-state index is 13.9. The normalized spacial score (nSPS) is 12.9. The van der Waals surface area contributed by atoms with Crippen LogP contribution >= 0.6 is 0 Å². The first-order valence-corrected chi connectivity index (χ1v) is 4.93. The van der Waals surface area contributed by atoms with Gasteiger partial charge < -0.3 is 9.78 Å². The number of hydrogen-bond donors (Lipinski definition) is 1. The van der Waals surface area contributed by atoms with Gasteiger partial charge >= 0.3 is 0 Å². The van der Waals surface area contributed by atoms with Crippen molar-refractivity contribution in [1.82, 2.24) is 4.98 Å². The third kappa shape index (κ3) is 1.65. The van der Waals surface area contributed by atoms with Gasteiger partial charge in [0.25, 0.3) is 0 Å². The SMILES string of the molecule is CC(CC=O)c1ccc2[nH]ccc2c1F. The van der Waals surface area contributed by atoms with Crippen LogP contribution < -0.4 is 0 Å². The van der Waals surface area contributed by atoms with Crippen molar-refractivity contribution in [3.8, 4) is 0 Å². The number of nitrogens with one attached hydrogen (secondary N) is 1. The molecule has 2 aromatic rings. The van der Waals surface area contributed by atoms with Crippen LogP contribution in [0.4, 0.5) is 4.39 Å². The fourth-order valence-electron chi connectivity index (χ4n) is 1.77. The molecule has 1 aromatic heterocycles. The van der Waals surface area contributed by atoms with Gasteiger partial charge in [-0.05, 0) is 23.6 Å². The molecule has 0 bridgehead atoms. The van der Waals surface area contributed by atoms with Gasteiger partial charge in [0.05, 0.1) is 0 Å². The summed E-state index contributed by atoms with van der Waals surface area (Å²) < 4.78 is 13.9. The predicted octanol–water partition coefficient (Wildman–Crippen LogP) is 3.00. The lowest BCUT2D eigenvalue weighted by molar-refractivity contribution is -0.108. The monoisotopic (exact) mass is 205 g/mol. The summed E-state index contributed by atoms with van der Waals surface area (Å²) in [4.78, 5) is 13.3. The van der Waals surface area contributed by atoms with E-state index in [4.69, 9.17) is 0 Å². The molecule has 78 valence electrons. The minimum atomic E-state index is -0.219. The van der Waals surface area contributed by atoms with E-state index in [1.54, 1.807) is 18.3 Å². The van der Waals surface area contributed by atoms with E-state index in [1.807, 2.05) is 13.0 Å². The maximum Gasteiger partial charge on any atom is 0.136 e. The van der Waals surface area contributed by atoms with Crippen molar-refractivity contribution in [2.24, 2.45) is 0 Å². The van der Waals surface area contributed by atoms with Crippen molar-refractivity contribution < 1.29 is 9.18 Å². The number of H-pyrrole nitrogens is 1. The summed E-state index contributed by atoms with van der Waals surface area (Å²) in [6.07, 6.45) is 2.89. The van der Waals surface area contributed by atoms with Crippen LogP contribution in [0.3, 0.4) is 0 Å². The average molecular weight is 205 g/mol. The van der Waals surface area contributed by atoms with Gasteiger partial charge in [0, 0.05) is 23.5 Å². The molecule has 2 nitrogen and oxygen atoms in total. The summed E-state index contributed by atoms with van der Waals surface area (Å²) in [5.74, 6) is -0.287. The fraction of sp³-hybridized carbons (Fsp3) is 0.250. The lowest BCUT2D eigenvalue weighted by atomic mass is 9.96. The molecular weight excluding hydrogens is 193 g/mol. The smallest absolute Gasteiger partial charge is 0.136 e. The van der Waals surface area contributed by atoms with Crippen LogP contribution in [0, 0.1) is 5.82 Å². The minimum absolute atomic E-state index is 0.0678. The van der Waals surface area contributed by atoms with Crippen LogP contribution in [0.5, 0.6) is 0 Å². The number of carbonyl (C=O) groups is 1. The highest BCUT2D eigenvalue weighted by molar-refractivity contribution is 5.81. The molecule has 0 fully saturated rings. The number of benzene rings is 1. The van der Waals surface area contributed by atoms with E-state index < -0.39 is 0 Å². The van der Waals surface area contributed by atoms with Crippen molar-refractivity contribution in [1.29, 1.82) is 0 Å². The first kappa shape index (κ1) is 9.90. The van der Waals surface area contributed by atoms with E-state index >= 15 is 0 Å². The van der Waals surface area contributed by atoms with E-state index in [9.17, 15) is 9.18 Å². The zero-order chi connectivity index (χ0) is 10.8. The number of aromatic amines is 1. The van der Waals surface area contributed by atoms with Crippen LogP contribution in [0.15, 0.2) is 24.4 Å². The Hall–Kier alpha value is -1.64. The van der Waals surface area contributed by atoms with E-state index in [2.05, 4.69) is 4.98 Å². The lowest BCUT2D eigenvalue weighted by Gasteiger charge is -2.09. The van der Waals surface area contributed by atoms with Gasteiger partial charge in [0.2, 0.25) is 0 Å². The molecule has 0 aliphatic heterocycles. The molecule has 0 radical (unpaired) electrons. The summed E-state index contributed by atoms with van der Waals surface area (Å²) in [6, 6.07) is 5.29. The van der Waals surface area contributed by atoms with E-state index in [-0.39, 0.29) is 11.7 Å². The molecule has 1 heterocycles. The molecule has 2 rings (SSSR count). The molecule has 0 aliphatic rings. The Morgan fingerprint density at radius 3 is 3.00 bits per heavy atom. The second-order valence-corrected chi connectivity index (χ2v) is 3.71. The number of hydrogen-bond acceptors (Lipinski definition) is 1. The summed E-state index contributed by atoms with van der Waals surface area (Å²) in [5.41, 5.74) is 1.39. The first-order chi connectivity index (χ1) is 7.24. The van der Waals surface area contributed by atoms with Gasteiger partial charge in [-0.15, -0.1) is 0 Å². The highest BCUT2D eigenvalue weighted by Gasteiger charge is 2.13. The largest absolute Gasteiger partial charge is 0.361 e. The standard InChI is InChI=1S/C12H12FNO/c1-8(5-7-15)9-2-3-11-10(12(9)13)4-6-14-11/h2-4,6-8,14H,5H2,1H3. The zero-order valence-electron chi connectivity index (χ0n) is 8.46. The Morgan fingerprint density at radius 1 is 1.47 bits per heavy atom. The molecule has 0 saturated carbocycles. The van der Waals surface area contributed by atoms with E-state index in [1.165, 1.54) is 0 Å². The molecule has 0 amide bonds. The number of rotatable bonds is 3. The Balaban J connectivity index is 2.51. The third-order valence-corrected chi connectivity index (χ3v) is 2.68. The first-order valence-electron chi connectivity index (χ1n) is 4.93. The lowest BCUT2D eigenvalue weighted by Crippen LogP contribution is -1.98. The van der Waals surface area contributed by atoms with Crippen LogP contribution in [0.25, 0.3) is 10.9 Å². The summed E-state index contributed by atoms with van der Waals surface area (Å²) >= 11 is 0. The summed E-state index contributed by atoms with van der Waals surface area (Å²) in [7, 11) is 0. The van der Waals surface area contributed by atoms with Crippen LogP contribution in [0.1, 0.15) is 24.8 Å². The molecular formula is C12H12FNO. The fourth-order valence-corrected chi connectivity index (χ4v) is 1.77. The predicted molar refractivity (Wildman–Crippen MR) is 57.4 cm³/mol. The van der Waals surface area contributed by atoms with Gasteiger partial charge in [0.15, 0.2) is 0 Å². The molecule has 1 atom stereocenters. The molecule has 1 N–H and O–H groups in total. The Morgan fingerprint density at radius 2 is 2.27 bits per heavy atom. The number of halogens is 1. The molecule has 1 unspecified atom stereocenters. The topological polar surface area (TPSA) is 32.9 Å². The molecule has 3 heteroatoms. The number of aromatic nitrogens is 1. The number of fused-ring (bicyclic) bond motifs is 1. The van der Waals surface area contributed by atoms with Crippen molar-refractivity contribution in [3.05, 3.63) is 35.8 Å². The van der Waals surface area contributed by atoms with Gasteiger partial charge in [-0.25, -0.2) is 4.39 Å². The Kier molecular flexibility index (Phi) is 2.54. The van der Waals surface area contributed by atoms with Crippen LogP contribution in [-0.4, -0.2) is 11.3 Å². The molecule has 0 saturated heterocycles. The third-order valence-electron chi connectivity index (χ3n) is 2.68. The van der Waals surface area contributed by atoms with Gasteiger partial charge in [-0.1, -0.05) is 13.0 Å². The van der Waals surface area contributed by atoms with Crippen molar-refractivity contribution in [2.45, 2.75) is 19.3 Å². The Bertz CT molecular complexity index is 489. The molecule has 1 aromatic carbocycles. The summed E-state index contributed by atoms with van der Waals surface area (Å²) in [6.45, 7) is 1.85. The van der Waals surface area contributed by atoms with Crippen molar-refractivity contribution in [2.75, 3.05) is 0 Å². The zero-order valence-corrected chi connectivity index (χ0v) is 8.46. The van der Waals surface area contributed by atoms with Crippen molar-refractivity contribution in [3.63, 3.8) is 0 Å². The summed E-state index contributed by atoms with van der Waals surface area (Å²) in [5, 5.41) is 0.588. The second kappa shape index (κ2) is 3.85. The molecule has 15 heavy (non-hydrogen) atoms. The number of carbonyl (C=O) groups excluding carboxylic acids is 1. The maximum atomic E-state index is 13.9. The van der Waals surface area contributed by atoms with Gasteiger partial charge in [-0.3, -0.25) is 0 Å². The highest BCUT2D eigenvalue weighted by atomic mass is 19.1. The van der Waals surface area contributed by atoms with Gasteiger partial charge in [0.1, 0.15) is 12.1 Å². The molecule has 0 aliphatic carbocycles. The Labute approximate surface area is 87.1 Å². The van der Waals surface area contributed by atoms with Crippen LogP contribution in [-0.2, 0) is 4.79 Å². The quantitative estimate of drug-likeness (QED) is 0.767. The highest BCUT2D eigenvalue weighted by Crippen LogP contribution is 2.26. The minimum Gasteiger partial charge on any atom is -0.361 e.